The Morgan fingerprint density at radius 3 is 2.62 bits per heavy atom. The van der Waals surface area contributed by atoms with Crippen LogP contribution in [0.2, 0.25) is 5.02 Å². The molecule has 3 unspecified atom stereocenters. The van der Waals surface area contributed by atoms with Crippen LogP contribution in [0.25, 0.3) is 0 Å². The van der Waals surface area contributed by atoms with Gasteiger partial charge in [0, 0.05) is 29.7 Å². The highest BCUT2D eigenvalue weighted by atomic mass is 35.5. The number of carbonyl (C=O) groups is 3. The van der Waals surface area contributed by atoms with Gasteiger partial charge >= 0.3 is 0 Å². The second kappa shape index (κ2) is 7.66. The molecule has 7 nitrogen and oxygen atoms in total. The van der Waals surface area contributed by atoms with E-state index in [4.69, 9.17) is 16.3 Å². The topological polar surface area (TPSA) is 88.9 Å². The lowest BCUT2D eigenvalue weighted by Crippen LogP contribution is -3.20. The fourth-order valence-electron chi connectivity index (χ4n) is 7.79. The Bertz CT molecular complexity index is 1520. The monoisotopic (exact) mass is 514 g/mol. The van der Waals surface area contributed by atoms with Crippen LogP contribution in [0.1, 0.15) is 34.3 Å². The number of fused-ring (bicyclic) bond motifs is 7. The lowest BCUT2D eigenvalue weighted by atomic mass is 9.57. The average Bonchev–Trinajstić information content (AvgIpc) is 3.63. The van der Waals surface area contributed by atoms with Crippen molar-refractivity contribution < 1.29 is 24.0 Å². The summed E-state index contributed by atoms with van der Waals surface area (Å²) in [5.74, 6) is -0.966. The lowest BCUT2D eigenvalue weighted by molar-refractivity contribution is -0.949. The molecule has 7 rings (SSSR count). The van der Waals surface area contributed by atoms with Crippen molar-refractivity contribution in [3.05, 3.63) is 88.4 Å². The number of halogens is 1. The zero-order chi connectivity index (χ0) is 25.5. The van der Waals surface area contributed by atoms with Gasteiger partial charge in [-0.25, -0.2) is 0 Å². The Kier molecular flexibility index (Phi) is 4.66. The highest BCUT2D eigenvalue weighted by molar-refractivity contribution is 6.35. The highest BCUT2D eigenvalue weighted by Gasteiger charge is 2.85. The van der Waals surface area contributed by atoms with Crippen LogP contribution < -0.4 is 20.3 Å². The molecule has 3 N–H and O–H groups in total. The van der Waals surface area contributed by atoms with Crippen LogP contribution in [0, 0.1) is 5.92 Å². The van der Waals surface area contributed by atoms with E-state index in [1.54, 1.807) is 37.4 Å². The normalized spacial score (nSPS) is 30.7. The van der Waals surface area contributed by atoms with Gasteiger partial charge in [0.1, 0.15) is 11.8 Å². The Hall–Kier alpha value is -3.68. The van der Waals surface area contributed by atoms with E-state index in [1.807, 2.05) is 36.4 Å². The third-order valence-electron chi connectivity index (χ3n) is 8.94. The number of ether oxygens (including phenoxy) is 1. The molecule has 186 valence electrons. The van der Waals surface area contributed by atoms with E-state index >= 15 is 0 Å². The van der Waals surface area contributed by atoms with E-state index in [9.17, 15) is 14.4 Å². The quantitative estimate of drug-likeness (QED) is 0.469. The fraction of sp³-hybridized carbons (Fsp3) is 0.276. The first-order chi connectivity index (χ1) is 18.0. The number of hydrogen-bond acceptors (Lipinski definition) is 4. The molecule has 0 saturated carbocycles. The van der Waals surface area contributed by atoms with Gasteiger partial charge in [-0.2, -0.15) is 0 Å². The first-order valence-corrected chi connectivity index (χ1v) is 12.9. The van der Waals surface area contributed by atoms with Crippen LogP contribution >= 0.6 is 11.6 Å². The molecule has 0 aromatic heterocycles. The molecule has 4 heterocycles. The molecule has 0 radical (unpaired) electrons. The van der Waals surface area contributed by atoms with Gasteiger partial charge in [0.15, 0.2) is 11.2 Å². The van der Waals surface area contributed by atoms with E-state index in [-0.39, 0.29) is 23.6 Å². The van der Waals surface area contributed by atoms with Gasteiger partial charge in [0.05, 0.1) is 30.3 Å². The van der Waals surface area contributed by atoms with E-state index in [1.165, 1.54) is 0 Å². The van der Waals surface area contributed by atoms with E-state index < -0.39 is 16.9 Å². The van der Waals surface area contributed by atoms with E-state index in [0.717, 1.165) is 17.7 Å². The van der Waals surface area contributed by atoms with Gasteiger partial charge < -0.3 is 20.3 Å². The highest BCUT2D eigenvalue weighted by Crippen LogP contribution is 2.61. The number of methoxy groups -OCH3 is 1. The van der Waals surface area contributed by atoms with Crippen molar-refractivity contribution in [1.29, 1.82) is 0 Å². The van der Waals surface area contributed by atoms with Crippen molar-refractivity contribution in [3.63, 3.8) is 0 Å². The SMILES string of the molecule is COc1cccc(C(=O)C2C3CCC[NH+]3[C@@]3(C(=O)Nc4c(Cl)cccc43)[C@@]23C(=O)Nc2ccccc23)c1. The van der Waals surface area contributed by atoms with Crippen molar-refractivity contribution in [2.75, 3.05) is 24.3 Å². The summed E-state index contributed by atoms with van der Waals surface area (Å²) in [5.41, 5.74) is 0.200. The minimum absolute atomic E-state index is 0.157. The number of anilines is 2. The van der Waals surface area contributed by atoms with E-state index in [2.05, 4.69) is 10.6 Å². The largest absolute Gasteiger partial charge is 0.497 e. The molecule has 3 aromatic rings. The number of nitrogens with one attached hydrogen (secondary N) is 3. The first-order valence-electron chi connectivity index (χ1n) is 12.5. The minimum Gasteiger partial charge on any atom is -0.497 e. The third-order valence-corrected chi connectivity index (χ3v) is 9.26. The fourth-order valence-corrected chi connectivity index (χ4v) is 8.01. The van der Waals surface area contributed by atoms with Gasteiger partial charge in [0.2, 0.25) is 11.4 Å². The van der Waals surface area contributed by atoms with Crippen LogP contribution in [-0.4, -0.2) is 37.3 Å². The zero-order valence-electron chi connectivity index (χ0n) is 20.1. The van der Waals surface area contributed by atoms with Crippen molar-refractivity contribution in [2.24, 2.45) is 5.92 Å². The Morgan fingerprint density at radius 1 is 1.00 bits per heavy atom. The molecule has 2 spiro atoms. The summed E-state index contributed by atoms with van der Waals surface area (Å²) in [5, 5.41) is 6.50. The maximum Gasteiger partial charge on any atom is 0.292 e. The van der Waals surface area contributed by atoms with Gasteiger partial charge in [-0.3, -0.25) is 14.4 Å². The smallest absolute Gasteiger partial charge is 0.292 e. The number of hydrogen-bond donors (Lipinski definition) is 3. The summed E-state index contributed by atoms with van der Waals surface area (Å²) in [7, 11) is 1.56. The summed E-state index contributed by atoms with van der Waals surface area (Å²) in [6.07, 6.45) is 1.59. The minimum atomic E-state index is -1.45. The molecular weight excluding hydrogens is 490 g/mol. The molecule has 2 fully saturated rings. The molecule has 2 amide bonds. The number of carbonyl (C=O) groups excluding carboxylic acids is 3. The predicted octanol–water partition coefficient (Wildman–Crippen LogP) is 2.95. The number of amides is 2. The average molecular weight is 515 g/mol. The molecule has 4 aliphatic rings. The van der Waals surface area contributed by atoms with Crippen LogP contribution in [-0.2, 0) is 20.5 Å². The molecule has 0 aliphatic carbocycles. The number of rotatable bonds is 3. The summed E-state index contributed by atoms with van der Waals surface area (Å²) >= 11 is 6.59. The van der Waals surface area contributed by atoms with Gasteiger partial charge in [0.25, 0.3) is 5.91 Å². The zero-order valence-corrected chi connectivity index (χ0v) is 20.9. The van der Waals surface area contributed by atoms with E-state index in [0.29, 0.717) is 45.4 Å². The van der Waals surface area contributed by atoms with Crippen LogP contribution in [0.3, 0.4) is 0 Å². The molecule has 0 bridgehead atoms. The molecule has 3 aromatic carbocycles. The summed E-state index contributed by atoms with van der Waals surface area (Å²) < 4.78 is 5.40. The lowest BCUT2D eigenvalue weighted by Gasteiger charge is -2.40. The van der Waals surface area contributed by atoms with Crippen LogP contribution in [0.5, 0.6) is 5.75 Å². The molecule has 5 atom stereocenters. The summed E-state index contributed by atoms with van der Waals surface area (Å²) in [6, 6.07) is 19.7. The van der Waals surface area contributed by atoms with Crippen molar-refractivity contribution >= 4 is 40.6 Å². The molecule has 8 heteroatoms. The number of para-hydroxylation sites is 2. The number of ketones is 1. The van der Waals surface area contributed by atoms with Gasteiger partial charge in [-0.1, -0.05) is 48.0 Å². The second-order valence-corrected chi connectivity index (χ2v) is 10.7. The standard InChI is InChI=1S/C29H24ClN3O4/c1-37-17-8-4-7-16(15-17)25(34)23-22-13-6-14-33(22)29(19-10-5-11-20(30)24(19)32-27(29)36)28(23)18-9-2-3-12-21(18)31-26(28)35/h2-5,7-12,15,22-23H,6,13-14H2,1H3,(H,31,35)(H,32,36)/p+1/t22?,23?,28-,29+/m1/s1. The third kappa shape index (κ3) is 2.53. The molecular formula is C29H25ClN3O4+. The predicted molar refractivity (Wildman–Crippen MR) is 138 cm³/mol. The molecule has 37 heavy (non-hydrogen) atoms. The van der Waals surface area contributed by atoms with Crippen molar-refractivity contribution in [3.8, 4) is 5.75 Å². The summed E-state index contributed by atoms with van der Waals surface area (Å²) in [6.45, 7) is 0.670. The number of benzene rings is 3. The Labute approximate surface area is 218 Å². The second-order valence-electron chi connectivity index (χ2n) is 10.3. The van der Waals surface area contributed by atoms with Crippen molar-refractivity contribution in [1.82, 2.24) is 0 Å². The number of Topliss-reactive ketones (excluding diaryl/α,β-unsaturated/α-hetero) is 1. The first kappa shape index (κ1) is 22.5. The maximum absolute atomic E-state index is 14.6. The molecule has 4 aliphatic heterocycles. The molecule has 2 saturated heterocycles. The Morgan fingerprint density at radius 2 is 1.78 bits per heavy atom. The van der Waals surface area contributed by atoms with Gasteiger partial charge in [-0.15, -0.1) is 0 Å². The van der Waals surface area contributed by atoms with Crippen LogP contribution in [0.4, 0.5) is 11.4 Å². The maximum atomic E-state index is 14.6. The van der Waals surface area contributed by atoms with Gasteiger partial charge in [-0.05, 0) is 35.9 Å². The van der Waals surface area contributed by atoms with Crippen LogP contribution in [0.15, 0.2) is 66.7 Å². The summed E-state index contributed by atoms with van der Waals surface area (Å²) in [4.78, 5) is 44.4. The van der Waals surface area contributed by atoms with Crippen molar-refractivity contribution in [2.45, 2.75) is 29.8 Å². The Balaban J connectivity index is 1.58. The number of quaternary nitrogens is 1.